The summed E-state index contributed by atoms with van der Waals surface area (Å²) in [6.45, 7) is 5.11. The number of aromatic nitrogens is 1. The van der Waals surface area contributed by atoms with Gasteiger partial charge in [0.2, 0.25) is 0 Å². The molecule has 0 saturated heterocycles. The van der Waals surface area contributed by atoms with Crippen LogP contribution >= 0.6 is 0 Å². The Morgan fingerprint density at radius 1 is 1.06 bits per heavy atom. The van der Waals surface area contributed by atoms with Crippen molar-refractivity contribution in [1.29, 1.82) is 0 Å². The van der Waals surface area contributed by atoms with E-state index in [1.807, 2.05) is 38.1 Å². The number of Topliss-reactive ketones (excluding diaryl/α,β-unsaturated/α-hetero) is 1. The Kier molecular flexibility index (Phi) is 5.56. The third-order valence-electron chi connectivity index (χ3n) is 7.34. The van der Waals surface area contributed by atoms with Crippen LogP contribution in [0.2, 0.25) is 0 Å². The summed E-state index contributed by atoms with van der Waals surface area (Å²) >= 11 is 0. The van der Waals surface area contributed by atoms with Gasteiger partial charge in [0.25, 0.3) is 5.91 Å². The highest BCUT2D eigenvalue weighted by molar-refractivity contribution is 6.19. The molecule has 2 heterocycles. The summed E-state index contributed by atoms with van der Waals surface area (Å²) in [6.07, 6.45) is 2.98. The zero-order valence-electron chi connectivity index (χ0n) is 20.9. The van der Waals surface area contributed by atoms with Crippen molar-refractivity contribution in [3.8, 4) is 16.9 Å². The van der Waals surface area contributed by atoms with Crippen LogP contribution in [0.1, 0.15) is 64.1 Å². The zero-order chi connectivity index (χ0) is 25.0. The summed E-state index contributed by atoms with van der Waals surface area (Å²) in [4.78, 5) is 29.6. The van der Waals surface area contributed by atoms with Crippen molar-refractivity contribution in [2.24, 2.45) is 0 Å². The SMILES string of the molecule is COCCCC(=O)c1ccc2[nH]c3c4c(c5c(c3c2c1)CNC5=O)-c1ccc(OC(C)C)cc1CC4. The number of methoxy groups -OCH3 is 1. The van der Waals surface area contributed by atoms with Gasteiger partial charge in [-0.2, -0.15) is 0 Å². The van der Waals surface area contributed by atoms with Crippen LogP contribution in [-0.4, -0.2) is 36.5 Å². The van der Waals surface area contributed by atoms with Crippen molar-refractivity contribution < 1.29 is 19.1 Å². The zero-order valence-corrected chi connectivity index (χ0v) is 20.9. The quantitative estimate of drug-likeness (QED) is 0.261. The van der Waals surface area contributed by atoms with Gasteiger partial charge in [-0.15, -0.1) is 0 Å². The van der Waals surface area contributed by atoms with Crippen molar-refractivity contribution in [1.82, 2.24) is 10.3 Å². The maximum atomic E-state index is 13.2. The highest BCUT2D eigenvalue weighted by atomic mass is 16.5. The Balaban J connectivity index is 1.54. The second-order valence-electron chi connectivity index (χ2n) is 10.0. The molecule has 1 aliphatic heterocycles. The predicted octanol–water partition coefficient (Wildman–Crippen LogP) is 5.73. The molecule has 2 aliphatic rings. The molecule has 0 fully saturated rings. The third kappa shape index (κ3) is 3.59. The number of hydrogen-bond acceptors (Lipinski definition) is 4. The van der Waals surface area contributed by atoms with Crippen LogP contribution in [0.15, 0.2) is 36.4 Å². The number of ketones is 1. The van der Waals surface area contributed by atoms with Crippen LogP contribution in [0.5, 0.6) is 5.75 Å². The lowest BCUT2D eigenvalue weighted by molar-refractivity contribution is 0.0957. The summed E-state index contributed by atoms with van der Waals surface area (Å²) in [7, 11) is 1.65. The Labute approximate surface area is 210 Å². The number of ether oxygens (including phenoxy) is 2. The number of aromatic amines is 1. The fourth-order valence-corrected chi connectivity index (χ4v) is 5.84. The van der Waals surface area contributed by atoms with Crippen molar-refractivity contribution >= 4 is 33.5 Å². The minimum atomic E-state index is -0.0281. The van der Waals surface area contributed by atoms with Gasteiger partial charge in [0.1, 0.15) is 5.75 Å². The molecule has 4 aromatic rings. The number of aryl methyl sites for hydroxylation is 2. The first-order chi connectivity index (χ1) is 17.5. The van der Waals surface area contributed by atoms with E-state index in [-0.39, 0.29) is 17.8 Å². The smallest absolute Gasteiger partial charge is 0.252 e. The maximum absolute atomic E-state index is 13.2. The van der Waals surface area contributed by atoms with Gasteiger partial charge in [0.15, 0.2) is 5.78 Å². The van der Waals surface area contributed by atoms with Gasteiger partial charge < -0.3 is 19.8 Å². The van der Waals surface area contributed by atoms with Gasteiger partial charge in [-0.1, -0.05) is 6.07 Å². The number of rotatable bonds is 7. The van der Waals surface area contributed by atoms with Gasteiger partial charge >= 0.3 is 0 Å². The van der Waals surface area contributed by atoms with Crippen LogP contribution < -0.4 is 10.1 Å². The average Bonchev–Trinajstić information content (AvgIpc) is 3.43. The maximum Gasteiger partial charge on any atom is 0.252 e. The van der Waals surface area contributed by atoms with Crippen LogP contribution in [0.4, 0.5) is 0 Å². The number of carbonyl (C=O) groups excluding carboxylic acids is 2. The number of nitrogens with one attached hydrogen (secondary N) is 2. The molecule has 0 spiro atoms. The van der Waals surface area contributed by atoms with Gasteiger partial charge in [-0.05, 0) is 85.7 Å². The molecule has 6 nitrogen and oxygen atoms in total. The van der Waals surface area contributed by atoms with E-state index in [0.29, 0.717) is 31.6 Å². The normalized spacial score (nSPS) is 14.2. The first-order valence-electron chi connectivity index (χ1n) is 12.7. The second-order valence-corrected chi connectivity index (χ2v) is 10.0. The summed E-state index contributed by atoms with van der Waals surface area (Å²) in [5, 5.41) is 5.13. The Bertz CT molecular complexity index is 1550. The van der Waals surface area contributed by atoms with Crippen molar-refractivity contribution in [2.45, 2.75) is 52.2 Å². The molecule has 0 atom stereocenters. The molecule has 2 N–H and O–H groups in total. The molecular weight excluding hydrogens is 452 g/mol. The van der Waals surface area contributed by atoms with Crippen LogP contribution in [0, 0.1) is 0 Å². The van der Waals surface area contributed by atoms with Crippen molar-refractivity contribution in [2.75, 3.05) is 13.7 Å². The minimum absolute atomic E-state index is 0.0281. The molecule has 0 saturated carbocycles. The lowest BCUT2D eigenvalue weighted by Crippen LogP contribution is -2.15. The van der Waals surface area contributed by atoms with E-state index in [0.717, 1.165) is 62.7 Å². The van der Waals surface area contributed by atoms with Crippen LogP contribution in [0.3, 0.4) is 0 Å². The highest BCUT2D eigenvalue weighted by Crippen LogP contribution is 2.46. The fraction of sp³-hybridized carbons (Fsp3) is 0.333. The average molecular weight is 483 g/mol. The van der Waals surface area contributed by atoms with Gasteiger partial charge in [-0.3, -0.25) is 9.59 Å². The molecule has 6 heteroatoms. The molecular formula is C30H30N2O4. The molecule has 0 radical (unpaired) electrons. The van der Waals surface area contributed by atoms with Crippen molar-refractivity contribution in [3.05, 3.63) is 64.2 Å². The number of amides is 1. The predicted molar refractivity (Wildman–Crippen MR) is 141 cm³/mol. The summed E-state index contributed by atoms with van der Waals surface area (Å²) < 4.78 is 11.0. The molecule has 0 bridgehead atoms. The van der Waals surface area contributed by atoms with E-state index < -0.39 is 0 Å². The molecule has 3 aromatic carbocycles. The van der Waals surface area contributed by atoms with E-state index in [1.165, 1.54) is 11.1 Å². The minimum Gasteiger partial charge on any atom is -0.491 e. The second kappa shape index (κ2) is 8.79. The van der Waals surface area contributed by atoms with Crippen LogP contribution in [0.25, 0.3) is 32.9 Å². The lowest BCUT2D eigenvalue weighted by atomic mass is 9.80. The molecule has 1 aromatic heterocycles. The highest BCUT2D eigenvalue weighted by Gasteiger charge is 2.33. The monoisotopic (exact) mass is 482 g/mol. The number of fused-ring (bicyclic) bond motifs is 10. The number of hydrogen-bond donors (Lipinski definition) is 2. The third-order valence-corrected chi connectivity index (χ3v) is 7.34. The van der Waals surface area contributed by atoms with Crippen molar-refractivity contribution in [3.63, 3.8) is 0 Å². The Morgan fingerprint density at radius 3 is 2.72 bits per heavy atom. The van der Waals surface area contributed by atoms with E-state index >= 15 is 0 Å². The molecule has 184 valence electrons. The van der Waals surface area contributed by atoms with Gasteiger partial charge in [0, 0.05) is 54.1 Å². The number of benzene rings is 3. The summed E-state index contributed by atoms with van der Waals surface area (Å²) in [6, 6.07) is 12.1. The molecule has 6 rings (SSSR count). The van der Waals surface area contributed by atoms with E-state index in [4.69, 9.17) is 9.47 Å². The lowest BCUT2D eigenvalue weighted by Gasteiger charge is -2.24. The Hall–Kier alpha value is -3.64. The first kappa shape index (κ1) is 22.8. The van der Waals surface area contributed by atoms with Crippen LogP contribution in [-0.2, 0) is 24.1 Å². The standard InChI is InChI=1S/C30H30N2O4/c1-16(2)36-19-8-10-20-17(13-19)6-9-21-26(20)28-23(15-31-30(28)34)27-22-14-18(25(33)5-4-12-35-3)7-11-24(22)32-29(21)27/h7-8,10-11,13-14,16,32H,4-6,9,12,15H2,1-3H3,(H,31,34). The topological polar surface area (TPSA) is 80.4 Å². The number of carbonyl (C=O) groups is 2. The molecule has 1 aliphatic carbocycles. The summed E-state index contributed by atoms with van der Waals surface area (Å²) in [5.41, 5.74) is 9.08. The van der Waals surface area contributed by atoms with E-state index in [1.54, 1.807) is 7.11 Å². The Morgan fingerprint density at radius 2 is 1.92 bits per heavy atom. The largest absolute Gasteiger partial charge is 0.491 e. The fourth-order valence-electron chi connectivity index (χ4n) is 5.84. The van der Waals surface area contributed by atoms with Gasteiger partial charge in [-0.25, -0.2) is 0 Å². The molecule has 36 heavy (non-hydrogen) atoms. The molecule has 0 unspecified atom stereocenters. The van der Waals surface area contributed by atoms with E-state index in [9.17, 15) is 9.59 Å². The summed E-state index contributed by atoms with van der Waals surface area (Å²) in [5.74, 6) is 0.947. The molecule has 1 amide bonds. The van der Waals surface area contributed by atoms with Gasteiger partial charge in [0.05, 0.1) is 17.2 Å². The van der Waals surface area contributed by atoms with E-state index in [2.05, 4.69) is 22.4 Å². The number of H-pyrrole nitrogens is 1. The first-order valence-corrected chi connectivity index (χ1v) is 12.7.